The van der Waals surface area contributed by atoms with Crippen LogP contribution in [0.25, 0.3) is 0 Å². The number of carbonyl (C=O) groups excluding carboxylic acids is 1. The first kappa shape index (κ1) is 17.7. The standard InChI is InChI=1S/C15H29ClN2O2/c1-12(2)9-13(18-5-7-20-8-6-18)10-17-14(19)15(3,4)11-16/h12-13H,5-11H2,1-4H3,(H,17,19). The van der Waals surface area contributed by atoms with Crippen LogP contribution in [-0.4, -0.2) is 55.6 Å². The summed E-state index contributed by atoms with van der Waals surface area (Å²) in [7, 11) is 0. The Morgan fingerprint density at radius 3 is 2.45 bits per heavy atom. The predicted octanol–water partition coefficient (Wildman–Crippen LogP) is 2.11. The summed E-state index contributed by atoms with van der Waals surface area (Å²) in [6.07, 6.45) is 1.08. The molecule has 1 aliphatic rings. The first-order valence-electron chi connectivity index (χ1n) is 7.53. The van der Waals surface area contributed by atoms with Crippen LogP contribution in [0.1, 0.15) is 34.1 Å². The largest absolute Gasteiger partial charge is 0.379 e. The molecule has 1 saturated heterocycles. The summed E-state index contributed by atoms with van der Waals surface area (Å²) in [5, 5.41) is 3.07. The summed E-state index contributed by atoms with van der Waals surface area (Å²) in [5.74, 6) is 0.987. The number of rotatable bonds is 7. The van der Waals surface area contributed by atoms with E-state index in [0.717, 1.165) is 32.7 Å². The first-order chi connectivity index (χ1) is 9.36. The maximum atomic E-state index is 12.1. The fourth-order valence-corrected chi connectivity index (χ4v) is 2.48. The van der Waals surface area contributed by atoms with Crippen LogP contribution >= 0.6 is 11.6 Å². The van der Waals surface area contributed by atoms with Gasteiger partial charge in [0.2, 0.25) is 5.91 Å². The molecule has 20 heavy (non-hydrogen) atoms. The summed E-state index contributed by atoms with van der Waals surface area (Å²) in [5.41, 5.74) is -0.505. The Kier molecular flexibility index (Phi) is 7.27. The van der Waals surface area contributed by atoms with E-state index in [0.29, 0.717) is 24.4 Å². The summed E-state index contributed by atoms with van der Waals surface area (Å²) >= 11 is 5.85. The molecule has 1 unspecified atom stereocenters. The maximum Gasteiger partial charge on any atom is 0.226 e. The molecule has 0 aliphatic carbocycles. The second-order valence-electron chi connectivity index (χ2n) is 6.66. The van der Waals surface area contributed by atoms with E-state index in [9.17, 15) is 4.79 Å². The van der Waals surface area contributed by atoms with E-state index in [1.807, 2.05) is 13.8 Å². The fraction of sp³-hybridized carbons (Fsp3) is 0.933. The van der Waals surface area contributed by atoms with Gasteiger partial charge in [0.05, 0.1) is 18.6 Å². The van der Waals surface area contributed by atoms with Crippen molar-refractivity contribution in [1.29, 1.82) is 0 Å². The fourth-order valence-electron chi connectivity index (χ4n) is 2.36. The van der Waals surface area contributed by atoms with E-state index in [2.05, 4.69) is 24.1 Å². The van der Waals surface area contributed by atoms with E-state index < -0.39 is 5.41 Å². The SMILES string of the molecule is CC(C)CC(CNC(=O)C(C)(C)CCl)N1CCOCC1. The Hall–Kier alpha value is -0.320. The Labute approximate surface area is 128 Å². The third kappa shape index (κ3) is 5.58. The molecular formula is C15H29ClN2O2. The lowest BCUT2D eigenvalue weighted by atomic mass is 9.94. The minimum atomic E-state index is -0.505. The van der Waals surface area contributed by atoms with Crippen LogP contribution in [0.2, 0.25) is 0 Å². The lowest BCUT2D eigenvalue weighted by Crippen LogP contribution is -2.51. The predicted molar refractivity (Wildman–Crippen MR) is 83.1 cm³/mol. The molecule has 0 aromatic heterocycles. The number of hydrogen-bond acceptors (Lipinski definition) is 3. The highest BCUT2D eigenvalue weighted by atomic mass is 35.5. The van der Waals surface area contributed by atoms with Gasteiger partial charge >= 0.3 is 0 Å². The Bertz CT molecular complexity index is 302. The van der Waals surface area contributed by atoms with E-state index in [1.54, 1.807) is 0 Å². The molecule has 1 N–H and O–H groups in total. The van der Waals surface area contributed by atoms with Gasteiger partial charge in [-0.3, -0.25) is 9.69 Å². The summed E-state index contributed by atoms with van der Waals surface area (Å²) < 4.78 is 5.41. The molecule has 0 spiro atoms. The van der Waals surface area contributed by atoms with Crippen LogP contribution in [0, 0.1) is 11.3 Å². The molecular weight excluding hydrogens is 276 g/mol. The number of halogens is 1. The zero-order valence-electron chi connectivity index (χ0n) is 13.2. The topological polar surface area (TPSA) is 41.6 Å². The van der Waals surface area contributed by atoms with E-state index in [-0.39, 0.29) is 5.91 Å². The minimum Gasteiger partial charge on any atom is -0.379 e. The lowest BCUT2D eigenvalue weighted by Gasteiger charge is -2.36. The summed E-state index contributed by atoms with van der Waals surface area (Å²) in [6, 6.07) is 0.383. The number of nitrogens with one attached hydrogen (secondary N) is 1. The van der Waals surface area contributed by atoms with E-state index in [4.69, 9.17) is 16.3 Å². The number of carbonyl (C=O) groups is 1. The van der Waals surface area contributed by atoms with E-state index >= 15 is 0 Å². The average Bonchev–Trinajstić information content (AvgIpc) is 2.43. The van der Waals surface area contributed by atoms with Gasteiger partial charge in [-0.05, 0) is 26.2 Å². The molecule has 1 rings (SSSR count). The number of ether oxygens (including phenoxy) is 1. The molecule has 118 valence electrons. The zero-order valence-corrected chi connectivity index (χ0v) is 14.0. The Balaban J connectivity index is 2.54. The molecule has 5 heteroatoms. The number of morpholine rings is 1. The van der Waals surface area contributed by atoms with Crippen molar-refractivity contribution in [3.05, 3.63) is 0 Å². The van der Waals surface area contributed by atoms with Gasteiger partial charge < -0.3 is 10.1 Å². The van der Waals surface area contributed by atoms with Gasteiger partial charge in [-0.1, -0.05) is 13.8 Å². The third-order valence-electron chi connectivity index (χ3n) is 3.75. The minimum absolute atomic E-state index is 0.0366. The summed E-state index contributed by atoms with van der Waals surface area (Å²) in [6.45, 7) is 12.4. The van der Waals surface area contributed by atoms with Crippen molar-refractivity contribution in [1.82, 2.24) is 10.2 Å². The quantitative estimate of drug-likeness (QED) is 0.733. The number of alkyl halides is 1. The highest BCUT2D eigenvalue weighted by molar-refractivity contribution is 6.19. The normalized spacial score (nSPS) is 19.1. The van der Waals surface area contributed by atoms with Crippen molar-refractivity contribution in [3.63, 3.8) is 0 Å². The van der Waals surface area contributed by atoms with Gasteiger partial charge in [0, 0.05) is 31.6 Å². The Morgan fingerprint density at radius 2 is 1.95 bits per heavy atom. The lowest BCUT2D eigenvalue weighted by molar-refractivity contribution is -0.128. The van der Waals surface area contributed by atoms with Gasteiger partial charge in [0.25, 0.3) is 0 Å². The molecule has 1 atom stereocenters. The highest BCUT2D eigenvalue weighted by Crippen LogP contribution is 2.18. The van der Waals surface area contributed by atoms with Crippen LogP contribution < -0.4 is 5.32 Å². The van der Waals surface area contributed by atoms with Crippen molar-refractivity contribution in [2.75, 3.05) is 38.7 Å². The van der Waals surface area contributed by atoms with Gasteiger partial charge in [-0.15, -0.1) is 11.6 Å². The molecule has 0 aromatic carbocycles. The number of hydrogen-bond donors (Lipinski definition) is 1. The first-order valence-corrected chi connectivity index (χ1v) is 8.06. The van der Waals surface area contributed by atoms with Crippen LogP contribution in [0.3, 0.4) is 0 Å². The second-order valence-corrected chi connectivity index (χ2v) is 6.93. The van der Waals surface area contributed by atoms with Crippen molar-refractivity contribution in [2.24, 2.45) is 11.3 Å². The van der Waals surface area contributed by atoms with E-state index in [1.165, 1.54) is 0 Å². The van der Waals surface area contributed by atoms with Gasteiger partial charge in [-0.2, -0.15) is 0 Å². The Morgan fingerprint density at radius 1 is 1.35 bits per heavy atom. The zero-order chi connectivity index (χ0) is 15.2. The average molecular weight is 305 g/mol. The number of nitrogens with zero attached hydrogens (tertiary/aromatic N) is 1. The molecule has 4 nitrogen and oxygen atoms in total. The molecule has 0 bridgehead atoms. The molecule has 0 radical (unpaired) electrons. The van der Waals surface area contributed by atoms with Gasteiger partial charge in [0.15, 0.2) is 0 Å². The van der Waals surface area contributed by atoms with Crippen LogP contribution in [0.15, 0.2) is 0 Å². The molecule has 1 aliphatic heterocycles. The van der Waals surface area contributed by atoms with Crippen molar-refractivity contribution >= 4 is 17.5 Å². The second kappa shape index (κ2) is 8.20. The maximum absolute atomic E-state index is 12.1. The molecule has 0 saturated carbocycles. The highest BCUT2D eigenvalue weighted by Gasteiger charge is 2.28. The summed E-state index contributed by atoms with van der Waals surface area (Å²) in [4.78, 5) is 14.6. The smallest absolute Gasteiger partial charge is 0.226 e. The van der Waals surface area contributed by atoms with Gasteiger partial charge in [-0.25, -0.2) is 0 Å². The number of amides is 1. The van der Waals surface area contributed by atoms with Crippen LogP contribution in [0.5, 0.6) is 0 Å². The van der Waals surface area contributed by atoms with Crippen molar-refractivity contribution in [3.8, 4) is 0 Å². The van der Waals surface area contributed by atoms with Crippen LogP contribution in [0.4, 0.5) is 0 Å². The van der Waals surface area contributed by atoms with Gasteiger partial charge in [0.1, 0.15) is 0 Å². The molecule has 0 aromatic rings. The molecule has 1 amide bonds. The monoisotopic (exact) mass is 304 g/mol. The molecule has 1 fully saturated rings. The van der Waals surface area contributed by atoms with Crippen molar-refractivity contribution < 1.29 is 9.53 Å². The van der Waals surface area contributed by atoms with Crippen molar-refractivity contribution in [2.45, 2.75) is 40.2 Å². The molecule has 1 heterocycles. The third-order valence-corrected chi connectivity index (χ3v) is 4.42. The van der Waals surface area contributed by atoms with Crippen LogP contribution in [-0.2, 0) is 9.53 Å².